The molecule has 3 nitrogen and oxygen atoms in total. The van der Waals surface area contributed by atoms with Gasteiger partial charge in [-0.2, -0.15) is 0 Å². The highest BCUT2D eigenvalue weighted by Crippen LogP contribution is 2.17. The number of aliphatic hydroxyl groups excluding tert-OH is 1. The topological polar surface area (TPSA) is 59.1 Å². The Labute approximate surface area is 88.7 Å². The molecule has 0 unspecified atom stereocenters. The van der Waals surface area contributed by atoms with E-state index in [-0.39, 0.29) is 0 Å². The summed E-state index contributed by atoms with van der Waals surface area (Å²) < 4.78 is 0. The Morgan fingerprint density at radius 2 is 2.14 bits per heavy atom. The summed E-state index contributed by atoms with van der Waals surface area (Å²) in [6.45, 7) is 0.296. The largest absolute Gasteiger partial charge is 0.397 e. The Morgan fingerprint density at radius 1 is 1.29 bits per heavy atom. The summed E-state index contributed by atoms with van der Waals surface area (Å²) in [5.41, 5.74) is 6.22. The number of rotatable bonds is 6. The first-order chi connectivity index (χ1) is 6.83. The third-order valence-corrected chi connectivity index (χ3v) is 2.84. The first-order valence-electron chi connectivity index (χ1n) is 4.78. The summed E-state index contributed by atoms with van der Waals surface area (Å²) in [4.78, 5) is 4.18. The van der Waals surface area contributed by atoms with Crippen LogP contribution >= 0.6 is 11.8 Å². The van der Waals surface area contributed by atoms with Crippen molar-refractivity contribution in [1.82, 2.24) is 4.98 Å². The van der Waals surface area contributed by atoms with Crippen LogP contribution in [0.5, 0.6) is 0 Å². The average Bonchev–Trinajstić information content (AvgIpc) is 2.21. The molecule has 0 aliphatic heterocycles. The van der Waals surface area contributed by atoms with E-state index in [4.69, 9.17) is 10.8 Å². The molecular weight excluding hydrogens is 196 g/mol. The number of nitrogen functional groups attached to an aromatic ring is 1. The number of aromatic nitrogens is 1. The molecule has 1 rings (SSSR count). The quantitative estimate of drug-likeness (QED) is 0.558. The summed E-state index contributed by atoms with van der Waals surface area (Å²) in [6.07, 6.45) is 4.78. The van der Waals surface area contributed by atoms with Crippen LogP contribution in [0.15, 0.2) is 23.4 Å². The first kappa shape index (κ1) is 11.3. The van der Waals surface area contributed by atoms with Gasteiger partial charge in [-0.05, 0) is 30.7 Å². The van der Waals surface area contributed by atoms with Gasteiger partial charge in [0.2, 0.25) is 0 Å². The van der Waals surface area contributed by atoms with E-state index in [9.17, 15) is 0 Å². The molecule has 0 bridgehead atoms. The van der Waals surface area contributed by atoms with Crippen molar-refractivity contribution in [3.05, 3.63) is 18.3 Å². The van der Waals surface area contributed by atoms with E-state index in [0.29, 0.717) is 12.3 Å². The SMILES string of the molecule is Nc1ccc(SCCCCCO)nc1. The van der Waals surface area contributed by atoms with E-state index in [1.54, 1.807) is 18.0 Å². The maximum atomic E-state index is 8.58. The van der Waals surface area contributed by atoms with Gasteiger partial charge >= 0.3 is 0 Å². The van der Waals surface area contributed by atoms with E-state index in [1.165, 1.54) is 0 Å². The Kier molecular flexibility index (Phi) is 5.40. The normalized spacial score (nSPS) is 10.4. The predicted octanol–water partition coefficient (Wildman–Crippen LogP) is 1.92. The second kappa shape index (κ2) is 6.68. The average molecular weight is 212 g/mol. The van der Waals surface area contributed by atoms with Gasteiger partial charge in [0, 0.05) is 6.61 Å². The lowest BCUT2D eigenvalue weighted by molar-refractivity contribution is 0.284. The molecule has 0 spiro atoms. The molecule has 0 radical (unpaired) electrons. The van der Waals surface area contributed by atoms with Gasteiger partial charge in [-0.15, -0.1) is 11.8 Å². The lowest BCUT2D eigenvalue weighted by Gasteiger charge is -2.00. The minimum atomic E-state index is 0.296. The number of hydrogen-bond acceptors (Lipinski definition) is 4. The summed E-state index contributed by atoms with van der Waals surface area (Å²) in [6, 6.07) is 3.80. The van der Waals surface area contributed by atoms with Gasteiger partial charge in [0.1, 0.15) is 0 Å². The van der Waals surface area contributed by atoms with Gasteiger partial charge in [0.15, 0.2) is 0 Å². The fourth-order valence-corrected chi connectivity index (χ4v) is 1.89. The maximum Gasteiger partial charge on any atom is 0.0961 e. The second-order valence-electron chi connectivity index (χ2n) is 3.06. The molecule has 4 heteroatoms. The van der Waals surface area contributed by atoms with Crippen LogP contribution in [-0.2, 0) is 0 Å². The molecule has 1 aromatic heterocycles. The number of nitrogens with two attached hydrogens (primary N) is 1. The Hall–Kier alpha value is -0.740. The summed E-state index contributed by atoms with van der Waals surface area (Å²) in [7, 11) is 0. The molecule has 14 heavy (non-hydrogen) atoms. The lowest BCUT2D eigenvalue weighted by Crippen LogP contribution is -1.88. The van der Waals surface area contributed by atoms with Crippen molar-refractivity contribution >= 4 is 17.4 Å². The number of thioether (sulfide) groups is 1. The Bertz CT molecular complexity index is 251. The van der Waals surface area contributed by atoms with Crippen LogP contribution in [-0.4, -0.2) is 22.5 Å². The van der Waals surface area contributed by atoms with Crippen LogP contribution in [0.2, 0.25) is 0 Å². The molecule has 1 aromatic rings. The zero-order chi connectivity index (χ0) is 10.2. The van der Waals surface area contributed by atoms with Gasteiger partial charge < -0.3 is 10.8 Å². The molecule has 0 fully saturated rings. The molecule has 0 atom stereocenters. The highest BCUT2D eigenvalue weighted by molar-refractivity contribution is 7.99. The summed E-state index contributed by atoms with van der Waals surface area (Å²) in [5, 5.41) is 9.60. The number of pyridine rings is 1. The molecule has 0 saturated carbocycles. The number of nitrogens with zero attached hydrogens (tertiary/aromatic N) is 1. The van der Waals surface area contributed by atoms with Gasteiger partial charge in [-0.1, -0.05) is 6.42 Å². The third-order valence-electron chi connectivity index (χ3n) is 1.81. The molecule has 0 aromatic carbocycles. The fourth-order valence-electron chi connectivity index (χ4n) is 1.04. The summed E-state index contributed by atoms with van der Waals surface area (Å²) >= 11 is 1.73. The molecule has 0 saturated heterocycles. The summed E-state index contributed by atoms with van der Waals surface area (Å²) in [5.74, 6) is 1.05. The minimum absolute atomic E-state index is 0.296. The molecule has 0 aliphatic rings. The number of anilines is 1. The lowest BCUT2D eigenvalue weighted by atomic mass is 10.3. The van der Waals surface area contributed by atoms with Crippen LogP contribution in [0, 0.1) is 0 Å². The minimum Gasteiger partial charge on any atom is -0.397 e. The zero-order valence-electron chi connectivity index (χ0n) is 8.15. The van der Waals surface area contributed by atoms with Crippen molar-refractivity contribution in [2.45, 2.75) is 24.3 Å². The van der Waals surface area contributed by atoms with E-state index in [2.05, 4.69) is 4.98 Å². The van der Waals surface area contributed by atoms with Crippen LogP contribution in [0.4, 0.5) is 5.69 Å². The Balaban J connectivity index is 2.15. The zero-order valence-corrected chi connectivity index (χ0v) is 8.96. The highest BCUT2D eigenvalue weighted by Gasteiger charge is 1.95. The predicted molar refractivity (Wildman–Crippen MR) is 60.3 cm³/mol. The first-order valence-corrected chi connectivity index (χ1v) is 5.76. The van der Waals surface area contributed by atoms with Gasteiger partial charge in [0.25, 0.3) is 0 Å². The van der Waals surface area contributed by atoms with Crippen LogP contribution < -0.4 is 5.73 Å². The molecule has 78 valence electrons. The maximum absolute atomic E-state index is 8.58. The van der Waals surface area contributed by atoms with Gasteiger partial charge in [-0.3, -0.25) is 0 Å². The monoisotopic (exact) mass is 212 g/mol. The second-order valence-corrected chi connectivity index (χ2v) is 4.18. The van der Waals surface area contributed by atoms with Crippen molar-refractivity contribution in [3.8, 4) is 0 Å². The number of unbranched alkanes of at least 4 members (excludes halogenated alkanes) is 2. The van der Waals surface area contributed by atoms with E-state index in [0.717, 1.165) is 30.0 Å². The van der Waals surface area contributed by atoms with Gasteiger partial charge in [0.05, 0.1) is 16.9 Å². The number of aliphatic hydroxyl groups is 1. The van der Waals surface area contributed by atoms with Crippen molar-refractivity contribution in [1.29, 1.82) is 0 Å². The molecule has 3 N–H and O–H groups in total. The smallest absolute Gasteiger partial charge is 0.0961 e. The van der Waals surface area contributed by atoms with E-state index < -0.39 is 0 Å². The third kappa shape index (κ3) is 4.48. The van der Waals surface area contributed by atoms with Crippen LogP contribution in [0.3, 0.4) is 0 Å². The van der Waals surface area contributed by atoms with Crippen molar-refractivity contribution < 1.29 is 5.11 Å². The molecule has 1 heterocycles. The van der Waals surface area contributed by atoms with Crippen molar-refractivity contribution in [3.63, 3.8) is 0 Å². The van der Waals surface area contributed by atoms with Crippen LogP contribution in [0.1, 0.15) is 19.3 Å². The van der Waals surface area contributed by atoms with E-state index in [1.807, 2.05) is 12.1 Å². The molecule has 0 aliphatic carbocycles. The van der Waals surface area contributed by atoms with E-state index >= 15 is 0 Å². The van der Waals surface area contributed by atoms with Crippen LogP contribution in [0.25, 0.3) is 0 Å². The van der Waals surface area contributed by atoms with Gasteiger partial charge in [-0.25, -0.2) is 4.98 Å². The number of hydrogen-bond donors (Lipinski definition) is 2. The van der Waals surface area contributed by atoms with Crippen molar-refractivity contribution in [2.24, 2.45) is 0 Å². The molecule has 0 amide bonds. The molecular formula is C10H16N2OS. The van der Waals surface area contributed by atoms with Crippen molar-refractivity contribution in [2.75, 3.05) is 18.1 Å². The fraction of sp³-hybridized carbons (Fsp3) is 0.500. The highest BCUT2D eigenvalue weighted by atomic mass is 32.2. The standard InChI is InChI=1S/C10H16N2OS/c11-9-4-5-10(12-8-9)14-7-3-1-2-6-13/h4-5,8,13H,1-3,6-7,11H2. The Morgan fingerprint density at radius 3 is 2.79 bits per heavy atom.